The number of methoxy groups -OCH3 is 1. The fraction of sp³-hybridized carbons (Fsp3) is 0.360. The van der Waals surface area contributed by atoms with Gasteiger partial charge in [0.2, 0.25) is 11.6 Å². The minimum absolute atomic E-state index is 0.0452. The number of benzene rings is 2. The monoisotopic (exact) mass is 482 g/mol. The lowest BCUT2D eigenvalue weighted by Crippen LogP contribution is -2.60. The summed E-state index contributed by atoms with van der Waals surface area (Å²) in [6.45, 7) is 0.0452. The number of Topliss-reactive ketones (excluding diaryl/α,β-unsaturated/α-hetero) is 2. The first-order valence-corrected chi connectivity index (χ1v) is 11.1. The minimum Gasteiger partial charge on any atom is -0.508 e. The Kier molecular flexibility index (Phi) is 4.51. The summed E-state index contributed by atoms with van der Waals surface area (Å²) >= 11 is 0. The smallest absolute Gasteiger partial charge is 0.234 e. The van der Waals surface area contributed by atoms with Crippen LogP contribution in [0.5, 0.6) is 28.7 Å². The molecule has 2 aliphatic heterocycles. The highest BCUT2D eigenvalue weighted by Gasteiger charge is 2.69. The Labute approximate surface area is 198 Å². The number of carbonyl (C=O) groups is 2. The molecule has 2 aromatic rings. The predicted molar refractivity (Wildman–Crippen MR) is 116 cm³/mol. The van der Waals surface area contributed by atoms with E-state index in [2.05, 4.69) is 0 Å². The summed E-state index contributed by atoms with van der Waals surface area (Å²) in [7, 11) is 1.42. The number of hydrogen-bond acceptors (Lipinski definition) is 10. The lowest BCUT2D eigenvalue weighted by Gasteiger charge is -2.50. The first-order chi connectivity index (χ1) is 16.7. The van der Waals surface area contributed by atoms with Crippen molar-refractivity contribution in [3.05, 3.63) is 53.1 Å². The lowest BCUT2D eigenvalue weighted by molar-refractivity contribution is -0.206. The van der Waals surface area contributed by atoms with Crippen molar-refractivity contribution in [2.75, 3.05) is 13.7 Å². The third-order valence-corrected chi connectivity index (χ3v) is 7.62. The van der Waals surface area contributed by atoms with Crippen molar-refractivity contribution in [1.29, 1.82) is 0 Å². The van der Waals surface area contributed by atoms with Crippen molar-refractivity contribution < 1.29 is 49.3 Å². The van der Waals surface area contributed by atoms with Crippen LogP contribution in [0, 0.1) is 17.8 Å². The number of ether oxygens (including phenoxy) is 3. The maximum Gasteiger partial charge on any atom is 0.234 e. The second-order valence-corrected chi connectivity index (χ2v) is 9.35. The molecule has 2 fully saturated rings. The van der Waals surface area contributed by atoms with Crippen LogP contribution in [0.3, 0.4) is 0 Å². The molecular formula is C25H22O10. The molecule has 0 radical (unpaired) electrons. The summed E-state index contributed by atoms with van der Waals surface area (Å²) in [6, 6.07) is 6.91. The van der Waals surface area contributed by atoms with E-state index in [-0.39, 0.29) is 35.2 Å². The van der Waals surface area contributed by atoms with Crippen LogP contribution < -0.4 is 9.47 Å². The summed E-state index contributed by atoms with van der Waals surface area (Å²) in [5.74, 6) is -6.84. The Morgan fingerprint density at radius 1 is 1.09 bits per heavy atom. The van der Waals surface area contributed by atoms with Crippen LogP contribution in [0.15, 0.2) is 42.0 Å². The zero-order valence-electron chi connectivity index (χ0n) is 18.4. The molecule has 1 saturated heterocycles. The van der Waals surface area contributed by atoms with Gasteiger partial charge in [-0.1, -0.05) is 12.1 Å². The zero-order valence-corrected chi connectivity index (χ0v) is 18.4. The molecule has 3 aliphatic carbocycles. The van der Waals surface area contributed by atoms with Gasteiger partial charge in [-0.05, 0) is 23.3 Å². The molecule has 5 aliphatic rings. The van der Waals surface area contributed by atoms with Crippen molar-refractivity contribution >= 4 is 11.6 Å². The molecule has 10 nitrogen and oxygen atoms in total. The highest BCUT2D eigenvalue weighted by atomic mass is 16.6. The zero-order chi connectivity index (χ0) is 24.8. The molecule has 0 amide bonds. The van der Waals surface area contributed by atoms with E-state index in [9.17, 15) is 35.1 Å². The Morgan fingerprint density at radius 3 is 2.60 bits per heavy atom. The largest absolute Gasteiger partial charge is 0.508 e. The van der Waals surface area contributed by atoms with Crippen molar-refractivity contribution in [2.24, 2.45) is 17.8 Å². The van der Waals surface area contributed by atoms with Crippen LogP contribution in [0.2, 0.25) is 0 Å². The highest BCUT2D eigenvalue weighted by Crippen LogP contribution is 2.61. The van der Waals surface area contributed by atoms with Crippen molar-refractivity contribution in [3.8, 4) is 28.7 Å². The average molecular weight is 482 g/mol. The number of aromatic hydroxyl groups is 3. The second-order valence-electron chi connectivity index (χ2n) is 9.35. The summed E-state index contributed by atoms with van der Waals surface area (Å²) in [6.07, 6.45) is -1.37. The number of phenolic OH excluding ortho intramolecular Hbond substituents is 3. The fourth-order valence-electron chi connectivity index (χ4n) is 6.16. The van der Waals surface area contributed by atoms with Gasteiger partial charge in [-0.2, -0.15) is 0 Å². The number of phenols is 3. The van der Waals surface area contributed by atoms with E-state index in [0.717, 1.165) is 12.1 Å². The van der Waals surface area contributed by atoms with Gasteiger partial charge in [0, 0.05) is 29.9 Å². The van der Waals surface area contributed by atoms with Crippen molar-refractivity contribution in [2.45, 2.75) is 23.9 Å². The molecule has 35 heavy (non-hydrogen) atoms. The van der Waals surface area contributed by atoms with Gasteiger partial charge < -0.3 is 39.7 Å². The molecule has 7 atom stereocenters. The van der Waals surface area contributed by atoms with E-state index in [4.69, 9.17) is 14.2 Å². The Balaban J connectivity index is 1.46. The maximum atomic E-state index is 13.3. The molecule has 7 rings (SSSR count). The average Bonchev–Trinajstić information content (AvgIpc) is 3.14. The molecular weight excluding hydrogens is 460 g/mol. The van der Waals surface area contributed by atoms with Gasteiger partial charge in [-0.15, -0.1) is 0 Å². The number of ketones is 2. The van der Waals surface area contributed by atoms with E-state index >= 15 is 0 Å². The van der Waals surface area contributed by atoms with E-state index in [1.807, 2.05) is 0 Å². The summed E-state index contributed by atoms with van der Waals surface area (Å²) in [4.78, 5) is 26.2. The van der Waals surface area contributed by atoms with Gasteiger partial charge in [0.25, 0.3) is 0 Å². The first-order valence-electron chi connectivity index (χ1n) is 11.1. The fourth-order valence-corrected chi connectivity index (χ4v) is 6.16. The molecule has 0 spiro atoms. The Bertz CT molecular complexity index is 1320. The summed E-state index contributed by atoms with van der Waals surface area (Å²) in [5, 5.41) is 52.0. The number of aliphatic hydroxyl groups is 2. The number of aliphatic hydroxyl groups excluding tert-OH is 1. The molecule has 0 aromatic heterocycles. The SMILES string of the molecule is COc1cc([C@H]2C3C=C([C@H]4Oc5cc(O)cc(O)c5C(=O)[C@@H]4O)[C@H]4[C@@H]2CO[C@@]4(O)C3=O)ccc1O. The van der Waals surface area contributed by atoms with Gasteiger partial charge >= 0.3 is 0 Å². The van der Waals surface area contributed by atoms with E-state index in [0.29, 0.717) is 11.1 Å². The summed E-state index contributed by atoms with van der Waals surface area (Å²) < 4.78 is 16.7. The number of fused-ring (bicyclic) bond motifs is 1. The van der Waals surface area contributed by atoms with Crippen LogP contribution in [-0.4, -0.2) is 68.8 Å². The molecule has 10 heteroatoms. The molecule has 2 heterocycles. The topological polar surface area (TPSA) is 163 Å². The molecule has 4 bridgehead atoms. The highest BCUT2D eigenvalue weighted by molar-refractivity contribution is 6.06. The van der Waals surface area contributed by atoms with Crippen LogP contribution in [0.25, 0.3) is 0 Å². The van der Waals surface area contributed by atoms with Crippen molar-refractivity contribution in [1.82, 2.24) is 0 Å². The molecule has 2 aromatic carbocycles. The first kappa shape index (κ1) is 21.9. The number of rotatable bonds is 3. The van der Waals surface area contributed by atoms with E-state index < -0.39 is 59.0 Å². The quantitative estimate of drug-likeness (QED) is 0.399. The third kappa shape index (κ3) is 2.81. The standard InChI is InChI=1S/C25H22O10/c1-33-16-4-9(2-3-14(16)27)18-11-7-12(20-13(18)8-34-25(20,32)24(11)31)23-22(30)21(29)19-15(28)5-10(26)6-17(19)35-23/h2-7,11,13,18,20,22-23,26-28,30,32H,8H2,1H3/t11?,13-,18+,20+,22+,23-,25-/m1/s1. The number of hydrogen-bond donors (Lipinski definition) is 5. The van der Waals surface area contributed by atoms with Gasteiger partial charge in [0.05, 0.1) is 19.6 Å². The predicted octanol–water partition coefficient (Wildman–Crippen LogP) is 0.990. The minimum atomic E-state index is -2.13. The third-order valence-electron chi connectivity index (χ3n) is 7.62. The van der Waals surface area contributed by atoms with Crippen LogP contribution in [0.4, 0.5) is 0 Å². The molecule has 5 N–H and O–H groups in total. The summed E-state index contributed by atoms with van der Waals surface area (Å²) in [5.41, 5.74) is 0.796. The molecule has 1 saturated carbocycles. The molecule has 1 unspecified atom stereocenters. The molecule has 182 valence electrons. The van der Waals surface area contributed by atoms with E-state index in [1.165, 1.54) is 13.2 Å². The number of allylic oxidation sites excluding steroid dienone is 1. The maximum absolute atomic E-state index is 13.3. The van der Waals surface area contributed by atoms with Crippen LogP contribution in [-0.2, 0) is 9.53 Å². The lowest BCUT2D eigenvalue weighted by atomic mass is 9.55. The second kappa shape index (κ2) is 7.20. The van der Waals surface area contributed by atoms with Crippen molar-refractivity contribution in [3.63, 3.8) is 0 Å². The van der Waals surface area contributed by atoms with E-state index in [1.54, 1.807) is 18.2 Å². The van der Waals surface area contributed by atoms with Crippen LogP contribution in [0.1, 0.15) is 21.8 Å². The Morgan fingerprint density at radius 2 is 1.86 bits per heavy atom. The van der Waals surface area contributed by atoms with Gasteiger partial charge in [-0.3, -0.25) is 9.59 Å². The van der Waals surface area contributed by atoms with Crippen LogP contribution >= 0.6 is 0 Å². The Hall–Kier alpha value is -3.60. The number of carbonyl (C=O) groups excluding carboxylic acids is 2. The van der Waals surface area contributed by atoms with Gasteiger partial charge in [0.15, 0.2) is 29.5 Å². The van der Waals surface area contributed by atoms with Gasteiger partial charge in [-0.25, -0.2) is 0 Å². The van der Waals surface area contributed by atoms with Gasteiger partial charge in [0.1, 0.15) is 22.8 Å². The normalized spacial score (nSPS) is 34.9.